The molecule has 1 unspecified atom stereocenters. The van der Waals surface area contributed by atoms with Gasteiger partial charge >= 0.3 is 0 Å². The number of carbonyl (C=O) groups excluding carboxylic acids is 1. The van der Waals surface area contributed by atoms with Crippen LogP contribution >= 0.6 is 11.3 Å². The fourth-order valence-electron chi connectivity index (χ4n) is 1.26. The Hall–Kier alpha value is -0.980. The summed E-state index contributed by atoms with van der Waals surface area (Å²) < 4.78 is 5.07. The van der Waals surface area contributed by atoms with Crippen molar-refractivity contribution >= 4 is 17.2 Å². The van der Waals surface area contributed by atoms with Crippen molar-refractivity contribution in [2.24, 2.45) is 5.73 Å². The van der Waals surface area contributed by atoms with Crippen LogP contribution in [0.3, 0.4) is 0 Å². The van der Waals surface area contributed by atoms with Crippen molar-refractivity contribution in [3.05, 3.63) is 16.6 Å². The number of methoxy groups -OCH3 is 1. The van der Waals surface area contributed by atoms with Crippen LogP contribution in [0.4, 0.5) is 0 Å². The van der Waals surface area contributed by atoms with Gasteiger partial charge in [-0.1, -0.05) is 0 Å². The van der Waals surface area contributed by atoms with Crippen molar-refractivity contribution in [1.82, 2.24) is 9.88 Å². The monoisotopic (exact) mass is 243 g/mol. The highest BCUT2D eigenvalue weighted by Gasteiger charge is 2.15. The highest BCUT2D eigenvalue weighted by Crippen LogP contribution is 2.06. The highest BCUT2D eigenvalue weighted by molar-refractivity contribution is 7.07. The summed E-state index contributed by atoms with van der Waals surface area (Å²) in [7, 11) is 3.32. The second-order valence-corrected chi connectivity index (χ2v) is 4.25. The van der Waals surface area contributed by atoms with Crippen LogP contribution < -0.4 is 5.73 Å². The first-order chi connectivity index (χ1) is 7.67. The Morgan fingerprint density at radius 3 is 3.00 bits per heavy atom. The number of amides is 1. The van der Waals surface area contributed by atoms with Gasteiger partial charge in [0.05, 0.1) is 30.3 Å². The number of ether oxygens (including phenoxy) is 1. The molecule has 0 saturated carbocycles. The smallest absolute Gasteiger partial charge is 0.225 e. The summed E-state index contributed by atoms with van der Waals surface area (Å²) in [6.45, 7) is 0.885. The number of nitrogens with zero attached hydrogens (tertiary/aromatic N) is 2. The lowest BCUT2D eigenvalue weighted by atomic mass is 10.2. The van der Waals surface area contributed by atoms with Gasteiger partial charge in [0.15, 0.2) is 0 Å². The first-order valence-electron chi connectivity index (χ1n) is 5.01. The van der Waals surface area contributed by atoms with E-state index < -0.39 is 0 Å². The molecule has 0 aromatic carbocycles. The Bertz CT molecular complexity index is 312. The molecule has 1 aromatic rings. The number of nitrogens with two attached hydrogens (primary N) is 1. The molecule has 1 atom stereocenters. The Balaban J connectivity index is 2.41. The summed E-state index contributed by atoms with van der Waals surface area (Å²) in [6, 6.07) is 0. The molecule has 1 aromatic heterocycles. The van der Waals surface area contributed by atoms with Crippen molar-refractivity contribution in [2.75, 3.05) is 20.7 Å². The van der Waals surface area contributed by atoms with Crippen molar-refractivity contribution in [3.63, 3.8) is 0 Å². The predicted octanol–water partition coefficient (Wildman–Crippen LogP) is 0.465. The number of hydrogen-bond acceptors (Lipinski definition) is 5. The molecule has 0 spiro atoms. The third-order valence-electron chi connectivity index (χ3n) is 2.31. The standard InChI is InChI=1S/C10H17N3O2S/c1-13(5-8-6-16-7-12-8)10(14)3-9(4-11)15-2/h6-7,9H,3-5,11H2,1-2H3. The van der Waals surface area contributed by atoms with Gasteiger partial charge in [0.2, 0.25) is 5.91 Å². The van der Waals surface area contributed by atoms with E-state index in [2.05, 4.69) is 4.98 Å². The quantitative estimate of drug-likeness (QED) is 0.788. The molecule has 1 heterocycles. The minimum absolute atomic E-state index is 0.0188. The fourth-order valence-corrected chi connectivity index (χ4v) is 1.81. The van der Waals surface area contributed by atoms with E-state index in [1.165, 1.54) is 11.3 Å². The first kappa shape index (κ1) is 13.1. The molecule has 0 aliphatic carbocycles. The van der Waals surface area contributed by atoms with E-state index in [0.717, 1.165) is 5.69 Å². The molecule has 0 bridgehead atoms. The van der Waals surface area contributed by atoms with E-state index in [-0.39, 0.29) is 12.0 Å². The van der Waals surface area contributed by atoms with E-state index in [9.17, 15) is 4.79 Å². The summed E-state index contributed by atoms with van der Waals surface area (Å²) in [5, 5.41) is 1.93. The normalized spacial score (nSPS) is 12.4. The first-order valence-corrected chi connectivity index (χ1v) is 5.95. The topological polar surface area (TPSA) is 68.5 Å². The lowest BCUT2D eigenvalue weighted by Crippen LogP contribution is -2.33. The molecule has 90 valence electrons. The van der Waals surface area contributed by atoms with Crippen LogP contribution in [-0.2, 0) is 16.1 Å². The highest BCUT2D eigenvalue weighted by atomic mass is 32.1. The second kappa shape index (κ2) is 6.57. The van der Waals surface area contributed by atoms with Gasteiger partial charge in [0.25, 0.3) is 0 Å². The van der Waals surface area contributed by atoms with Crippen molar-refractivity contribution in [3.8, 4) is 0 Å². The molecule has 0 fully saturated rings. The van der Waals surface area contributed by atoms with Crippen LogP contribution in [0.25, 0.3) is 0 Å². The third kappa shape index (κ3) is 3.88. The predicted molar refractivity (Wildman–Crippen MR) is 63.1 cm³/mol. The average Bonchev–Trinajstić information content (AvgIpc) is 2.78. The van der Waals surface area contributed by atoms with Gasteiger partial charge in [-0.05, 0) is 0 Å². The summed E-state index contributed by atoms with van der Waals surface area (Å²) >= 11 is 1.52. The number of hydrogen-bond donors (Lipinski definition) is 1. The molecule has 2 N–H and O–H groups in total. The minimum Gasteiger partial charge on any atom is -0.380 e. The summed E-state index contributed by atoms with van der Waals surface area (Å²) in [4.78, 5) is 17.5. The lowest BCUT2D eigenvalue weighted by Gasteiger charge is -2.19. The van der Waals surface area contributed by atoms with E-state index in [0.29, 0.717) is 19.5 Å². The Labute approximate surface area is 99.2 Å². The van der Waals surface area contributed by atoms with E-state index in [1.807, 2.05) is 5.38 Å². The molecule has 5 nitrogen and oxygen atoms in total. The van der Waals surface area contributed by atoms with Gasteiger partial charge in [-0.15, -0.1) is 11.3 Å². The van der Waals surface area contributed by atoms with Crippen molar-refractivity contribution in [1.29, 1.82) is 0 Å². The lowest BCUT2D eigenvalue weighted by molar-refractivity contribution is -0.132. The molecule has 0 radical (unpaired) electrons. The number of thiazole rings is 1. The van der Waals surface area contributed by atoms with Gasteiger partial charge in [0.1, 0.15) is 0 Å². The number of aromatic nitrogens is 1. The summed E-state index contributed by atoms with van der Waals surface area (Å²) in [5.74, 6) is 0.0188. The minimum atomic E-state index is -0.203. The number of rotatable bonds is 6. The second-order valence-electron chi connectivity index (χ2n) is 3.53. The maximum atomic E-state index is 11.8. The molecule has 0 aliphatic heterocycles. The van der Waals surface area contributed by atoms with E-state index >= 15 is 0 Å². The van der Waals surface area contributed by atoms with Crippen LogP contribution in [0.1, 0.15) is 12.1 Å². The van der Waals surface area contributed by atoms with Gasteiger partial charge in [-0.3, -0.25) is 4.79 Å². The van der Waals surface area contributed by atoms with Crippen LogP contribution in [0.15, 0.2) is 10.9 Å². The molecule has 16 heavy (non-hydrogen) atoms. The van der Waals surface area contributed by atoms with Gasteiger partial charge in [-0.2, -0.15) is 0 Å². The summed E-state index contributed by atoms with van der Waals surface area (Å²) in [6.07, 6.45) is 0.110. The molecule has 1 amide bonds. The zero-order chi connectivity index (χ0) is 12.0. The fraction of sp³-hybridized carbons (Fsp3) is 0.600. The summed E-state index contributed by atoms with van der Waals surface area (Å²) in [5.41, 5.74) is 8.12. The van der Waals surface area contributed by atoms with E-state index in [4.69, 9.17) is 10.5 Å². The SMILES string of the molecule is COC(CN)CC(=O)N(C)Cc1cscn1. The van der Waals surface area contributed by atoms with Gasteiger partial charge < -0.3 is 15.4 Å². The molecular formula is C10H17N3O2S. The van der Waals surface area contributed by atoms with Crippen molar-refractivity contribution < 1.29 is 9.53 Å². The van der Waals surface area contributed by atoms with E-state index in [1.54, 1.807) is 24.6 Å². The van der Waals surface area contributed by atoms with Crippen LogP contribution in [-0.4, -0.2) is 42.6 Å². The molecule has 0 aliphatic rings. The Morgan fingerprint density at radius 2 is 2.50 bits per heavy atom. The van der Waals surface area contributed by atoms with Crippen molar-refractivity contribution in [2.45, 2.75) is 19.1 Å². The van der Waals surface area contributed by atoms with Crippen LogP contribution in [0.5, 0.6) is 0 Å². The van der Waals surface area contributed by atoms with Gasteiger partial charge in [-0.25, -0.2) is 4.98 Å². The van der Waals surface area contributed by atoms with Crippen LogP contribution in [0, 0.1) is 0 Å². The molecular weight excluding hydrogens is 226 g/mol. The zero-order valence-corrected chi connectivity index (χ0v) is 10.4. The molecule has 6 heteroatoms. The zero-order valence-electron chi connectivity index (χ0n) is 9.55. The van der Waals surface area contributed by atoms with Gasteiger partial charge in [0, 0.05) is 26.1 Å². The Morgan fingerprint density at radius 1 is 1.75 bits per heavy atom. The maximum absolute atomic E-state index is 11.8. The maximum Gasteiger partial charge on any atom is 0.225 e. The molecule has 1 rings (SSSR count). The average molecular weight is 243 g/mol. The number of carbonyl (C=O) groups is 1. The largest absolute Gasteiger partial charge is 0.380 e. The Kier molecular flexibility index (Phi) is 5.37. The van der Waals surface area contributed by atoms with Crippen LogP contribution in [0.2, 0.25) is 0 Å². The third-order valence-corrected chi connectivity index (χ3v) is 2.94. The molecule has 0 saturated heterocycles.